The molecule has 1 aliphatic rings. The van der Waals surface area contributed by atoms with Gasteiger partial charge in [-0.15, -0.1) is 0 Å². The molecule has 0 radical (unpaired) electrons. The maximum absolute atomic E-state index is 10.2. The van der Waals surface area contributed by atoms with Crippen LogP contribution in [0.4, 0.5) is 0 Å². The molecule has 7 heteroatoms. The summed E-state index contributed by atoms with van der Waals surface area (Å²) in [6, 6.07) is 0.388. The predicted molar refractivity (Wildman–Crippen MR) is 55.7 cm³/mol. The van der Waals surface area contributed by atoms with E-state index in [0.717, 1.165) is 13.0 Å². The van der Waals surface area contributed by atoms with Crippen molar-refractivity contribution in [3.05, 3.63) is 0 Å². The molecular formula is C6H15N3O2S2. The minimum Gasteiger partial charge on any atom is -0.301 e. The van der Waals surface area contributed by atoms with Gasteiger partial charge in [0.2, 0.25) is 11.3 Å². The highest BCUT2D eigenvalue weighted by atomic mass is 32.2. The second-order valence-electron chi connectivity index (χ2n) is 3.22. The van der Waals surface area contributed by atoms with Gasteiger partial charge in [-0.25, -0.2) is 9.63 Å². The Morgan fingerprint density at radius 3 is 2.92 bits per heavy atom. The first kappa shape index (κ1) is 11.4. The third-order valence-electron chi connectivity index (χ3n) is 2.16. The standard InChI is InChI=1S/C6H15N3O2S2/c1-9-4-6(12)2-5(9)3-7-8-13(10)11/h5-8,12H,2-4H2,1H3,(H,10,11)/t5-,6-/m0/s1. The minimum absolute atomic E-state index is 0.388. The molecule has 0 aromatic carbocycles. The summed E-state index contributed by atoms with van der Waals surface area (Å²) in [5.41, 5.74) is 2.70. The van der Waals surface area contributed by atoms with Crippen LogP contribution in [0.5, 0.6) is 0 Å². The lowest BCUT2D eigenvalue weighted by atomic mass is 10.2. The number of hydrogen-bond acceptors (Lipinski definition) is 4. The van der Waals surface area contributed by atoms with Crippen LogP contribution in [-0.2, 0) is 11.3 Å². The van der Waals surface area contributed by atoms with E-state index in [1.54, 1.807) is 0 Å². The van der Waals surface area contributed by atoms with Crippen molar-refractivity contribution in [2.45, 2.75) is 17.7 Å². The molecule has 5 nitrogen and oxygen atoms in total. The van der Waals surface area contributed by atoms with Gasteiger partial charge in [-0.05, 0) is 13.5 Å². The molecular weight excluding hydrogens is 210 g/mol. The van der Waals surface area contributed by atoms with Crippen LogP contribution >= 0.6 is 12.6 Å². The number of rotatable bonds is 4. The third-order valence-corrected chi connectivity index (χ3v) is 2.86. The van der Waals surface area contributed by atoms with E-state index < -0.39 is 11.3 Å². The fraction of sp³-hybridized carbons (Fsp3) is 1.00. The lowest BCUT2D eigenvalue weighted by Gasteiger charge is -2.18. The highest BCUT2D eigenvalue weighted by Gasteiger charge is 2.26. The predicted octanol–water partition coefficient (Wildman–Crippen LogP) is -0.780. The third kappa shape index (κ3) is 3.92. The molecule has 0 aromatic rings. The molecule has 0 amide bonds. The van der Waals surface area contributed by atoms with Crippen LogP contribution in [0, 0.1) is 0 Å². The van der Waals surface area contributed by atoms with Crippen molar-refractivity contribution >= 4 is 23.9 Å². The molecule has 1 heterocycles. The molecule has 0 spiro atoms. The Morgan fingerprint density at radius 2 is 2.46 bits per heavy atom. The van der Waals surface area contributed by atoms with Gasteiger partial charge in [0.15, 0.2) is 0 Å². The van der Waals surface area contributed by atoms with Gasteiger partial charge in [0.25, 0.3) is 0 Å². The van der Waals surface area contributed by atoms with Crippen LogP contribution < -0.4 is 10.3 Å². The van der Waals surface area contributed by atoms with Gasteiger partial charge in [-0.1, -0.05) is 0 Å². The number of likely N-dealkylation sites (tertiary alicyclic amines) is 1. The van der Waals surface area contributed by atoms with E-state index >= 15 is 0 Å². The van der Waals surface area contributed by atoms with Crippen LogP contribution in [0.15, 0.2) is 0 Å². The average molecular weight is 225 g/mol. The monoisotopic (exact) mass is 225 g/mol. The zero-order valence-corrected chi connectivity index (χ0v) is 9.15. The van der Waals surface area contributed by atoms with Crippen molar-refractivity contribution in [2.75, 3.05) is 20.1 Å². The minimum atomic E-state index is -1.98. The molecule has 78 valence electrons. The van der Waals surface area contributed by atoms with Gasteiger partial charge in [0.05, 0.1) is 0 Å². The van der Waals surface area contributed by atoms with Crippen molar-refractivity contribution in [1.82, 2.24) is 15.2 Å². The summed E-state index contributed by atoms with van der Waals surface area (Å²) in [6.45, 7) is 1.62. The van der Waals surface area contributed by atoms with E-state index in [2.05, 4.69) is 27.8 Å². The van der Waals surface area contributed by atoms with E-state index in [4.69, 9.17) is 4.55 Å². The summed E-state index contributed by atoms with van der Waals surface area (Å²) in [4.78, 5) is 4.42. The number of likely N-dealkylation sites (N-methyl/N-ethyl adjacent to an activating group) is 1. The molecule has 3 atom stereocenters. The normalized spacial score (nSPS) is 32.2. The van der Waals surface area contributed by atoms with E-state index in [1.165, 1.54) is 0 Å². The largest absolute Gasteiger partial charge is 0.301 e. The summed E-state index contributed by atoms with van der Waals surface area (Å²) >= 11 is 2.39. The molecule has 1 rings (SSSR count). The zero-order chi connectivity index (χ0) is 9.84. The Morgan fingerprint density at radius 1 is 1.77 bits per heavy atom. The van der Waals surface area contributed by atoms with Gasteiger partial charge in [-0.2, -0.15) is 17.5 Å². The first-order chi connectivity index (χ1) is 6.09. The second-order valence-corrected chi connectivity index (χ2v) is 4.65. The molecule has 0 aliphatic carbocycles. The average Bonchev–Trinajstić information content (AvgIpc) is 2.29. The quantitative estimate of drug-likeness (QED) is 0.288. The lowest BCUT2D eigenvalue weighted by Crippen LogP contribution is -2.42. The second kappa shape index (κ2) is 5.28. The Labute approximate surface area is 86.1 Å². The Kier molecular flexibility index (Phi) is 4.63. The van der Waals surface area contributed by atoms with Crippen LogP contribution in [0.2, 0.25) is 0 Å². The van der Waals surface area contributed by atoms with Crippen molar-refractivity contribution < 1.29 is 8.76 Å². The fourth-order valence-corrected chi connectivity index (χ4v) is 2.22. The summed E-state index contributed by atoms with van der Waals surface area (Å²) < 4.78 is 18.6. The van der Waals surface area contributed by atoms with Crippen molar-refractivity contribution in [3.8, 4) is 0 Å². The van der Waals surface area contributed by atoms with Gasteiger partial charge in [0, 0.05) is 24.4 Å². The van der Waals surface area contributed by atoms with E-state index in [1.807, 2.05) is 7.05 Å². The molecule has 13 heavy (non-hydrogen) atoms. The SMILES string of the molecule is CN1C[C@@H](S)C[C@H]1CNNS(=O)O. The maximum atomic E-state index is 10.2. The summed E-state index contributed by atoms with van der Waals surface area (Å²) in [5, 5.41) is 0.413. The van der Waals surface area contributed by atoms with Gasteiger partial charge < -0.3 is 4.90 Å². The van der Waals surface area contributed by atoms with E-state index in [0.29, 0.717) is 17.8 Å². The summed E-state index contributed by atoms with van der Waals surface area (Å²) in [5.74, 6) is 0. The molecule has 0 saturated carbocycles. The first-order valence-corrected chi connectivity index (χ1v) is 5.69. The maximum Gasteiger partial charge on any atom is 0.245 e. The van der Waals surface area contributed by atoms with Crippen molar-refractivity contribution in [3.63, 3.8) is 0 Å². The molecule has 1 unspecified atom stereocenters. The smallest absolute Gasteiger partial charge is 0.245 e. The van der Waals surface area contributed by atoms with Crippen molar-refractivity contribution in [1.29, 1.82) is 0 Å². The lowest BCUT2D eigenvalue weighted by molar-refractivity contribution is 0.297. The highest BCUT2D eigenvalue weighted by Crippen LogP contribution is 2.18. The number of hydrazine groups is 1. The van der Waals surface area contributed by atoms with Gasteiger partial charge >= 0.3 is 0 Å². The highest BCUT2D eigenvalue weighted by molar-refractivity contribution is 7.81. The van der Waals surface area contributed by atoms with Gasteiger partial charge in [-0.3, -0.25) is 4.55 Å². The molecule has 1 fully saturated rings. The number of thiol groups is 1. The van der Waals surface area contributed by atoms with Gasteiger partial charge in [0.1, 0.15) is 0 Å². The van der Waals surface area contributed by atoms with E-state index in [9.17, 15) is 4.21 Å². The molecule has 1 aliphatic heterocycles. The summed E-state index contributed by atoms with van der Waals surface area (Å²) in [6.07, 6.45) is 1.01. The Hall–Kier alpha value is 0.340. The molecule has 0 aromatic heterocycles. The van der Waals surface area contributed by atoms with Crippen molar-refractivity contribution in [2.24, 2.45) is 0 Å². The van der Waals surface area contributed by atoms with E-state index in [-0.39, 0.29) is 0 Å². The molecule has 1 saturated heterocycles. The van der Waals surface area contributed by atoms with Crippen LogP contribution in [0.3, 0.4) is 0 Å². The Bertz CT molecular complexity index is 193. The van der Waals surface area contributed by atoms with Crippen LogP contribution in [-0.4, -0.2) is 45.1 Å². The fourth-order valence-electron chi connectivity index (χ4n) is 1.51. The zero-order valence-electron chi connectivity index (χ0n) is 7.43. The number of hydrogen-bond donors (Lipinski definition) is 4. The molecule has 0 bridgehead atoms. The summed E-state index contributed by atoms with van der Waals surface area (Å²) in [7, 11) is 2.03. The van der Waals surface area contributed by atoms with Crippen LogP contribution in [0.25, 0.3) is 0 Å². The first-order valence-electron chi connectivity index (χ1n) is 4.07. The number of nitrogens with zero attached hydrogens (tertiary/aromatic N) is 1. The topological polar surface area (TPSA) is 64.6 Å². The number of nitrogens with one attached hydrogen (secondary N) is 2. The Balaban J connectivity index is 2.18. The van der Waals surface area contributed by atoms with Crippen LogP contribution in [0.1, 0.15) is 6.42 Å². The molecule has 3 N–H and O–H groups in total.